The molecule has 0 aliphatic carbocycles. The lowest BCUT2D eigenvalue weighted by Crippen LogP contribution is -2.28. The number of halogens is 3. The first-order chi connectivity index (χ1) is 7.96. The predicted molar refractivity (Wildman–Crippen MR) is 51.5 cm³/mol. The molecule has 0 amide bonds. The molecular weight excluding hydrogens is 239 g/mol. The first-order valence-electron chi connectivity index (χ1n) is 4.85. The highest BCUT2D eigenvalue weighted by atomic mass is 19.4. The number of aromatic hydroxyl groups is 1. The summed E-state index contributed by atoms with van der Waals surface area (Å²) < 4.78 is 40.7. The van der Waals surface area contributed by atoms with Gasteiger partial charge in [0.2, 0.25) is 0 Å². The minimum atomic E-state index is -4.37. The second-order valence-electron chi connectivity index (χ2n) is 3.61. The van der Waals surface area contributed by atoms with Crippen LogP contribution in [0.3, 0.4) is 0 Å². The standard InChI is InChI=1S/C10H10F3NO3/c11-10(12,13)5-17-14-8-4-16-9-3-6(15)1-2-7(8)9/h1-3,8,14-15H,4-5H2. The Hall–Kier alpha value is -1.47. The monoisotopic (exact) mass is 249 g/mol. The molecule has 0 fully saturated rings. The number of phenolic OH excluding ortho intramolecular Hbond substituents is 1. The molecule has 1 atom stereocenters. The highest BCUT2D eigenvalue weighted by Gasteiger charge is 2.30. The number of nitrogens with one attached hydrogen (secondary N) is 1. The minimum absolute atomic E-state index is 0.0422. The molecule has 1 aliphatic heterocycles. The number of phenols is 1. The van der Waals surface area contributed by atoms with Crippen molar-refractivity contribution in [3.8, 4) is 11.5 Å². The van der Waals surface area contributed by atoms with Gasteiger partial charge in [0.15, 0.2) is 6.61 Å². The molecule has 1 heterocycles. The van der Waals surface area contributed by atoms with E-state index in [9.17, 15) is 18.3 Å². The van der Waals surface area contributed by atoms with E-state index in [-0.39, 0.29) is 12.4 Å². The summed E-state index contributed by atoms with van der Waals surface area (Å²) in [6.07, 6.45) is -4.37. The Balaban J connectivity index is 1.94. The van der Waals surface area contributed by atoms with Gasteiger partial charge in [-0.1, -0.05) is 0 Å². The Kier molecular flexibility index (Phi) is 3.12. The summed E-state index contributed by atoms with van der Waals surface area (Å²) in [4.78, 5) is 4.35. The summed E-state index contributed by atoms with van der Waals surface area (Å²) in [5, 5.41) is 9.18. The summed E-state index contributed by atoms with van der Waals surface area (Å²) in [6.45, 7) is -1.20. The zero-order chi connectivity index (χ0) is 12.5. The molecule has 17 heavy (non-hydrogen) atoms. The van der Waals surface area contributed by atoms with Crippen LogP contribution in [0.5, 0.6) is 11.5 Å². The minimum Gasteiger partial charge on any atom is -0.508 e. The Morgan fingerprint density at radius 2 is 2.24 bits per heavy atom. The summed E-state index contributed by atoms with van der Waals surface area (Å²) in [5.41, 5.74) is 2.94. The van der Waals surface area contributed by atoms with Crippen LogP contribution in [0.1, 0.15) is 11.6 Å². The molecule has 0 spiro atoms. The third-order valence-electron chi connectivity index (χ3n) is 2.24. The Labute approximate surface area is 94.9 Å². The molecular formula is C10H10F3NO3. The van der Waals surface area contributed by atoms with Crippen molar-refractivity contribution in [3.05, 3.63) is 23.8 Å². The lowest BCUT2D eigenvalue weighted by molar-refractivity contribution is -0.193. The van der Waals surface area contributed by atoms with Gasteiger partial charge in [-0.05, 0) is 12.1 Å². The van der Waals surface area contributed by atoms with Gasteiger partial charge in [0.05, 0.1) is 6.04 Å². The molecule has 2 rings (SSSR count). The molecule has 0 saturated heterocycles. The molecule has 1 aromatic carbocycles. The van der Waals surface area contributed by atoms with Crippen LogP contribution in [0, 0.1) is 0 Å². The van der Waals surface area contributed by atoms with Crippen molar-refractivity contribution >= 4 is 0 Å². The number of hydrogen-bond donors (Lipinski definition) is 2. The van der Waals surface area contributed by atoms with Gasteiger partial charge in [-0.3, -0.25) is 4.84 Å². The number of ether oxygens (including phenoxy) is 1. The van der Waals surface area contributed by atoms with Gasteiger partial charge in [-0.2, -0.15) is 18.7 Å². The normalized spacial score (nSPS) is 18.9. The quantitative estimate of drug-likeness (QED) is 0.803. The lowest BCUT2D eigenvalue weighted by atomic mass is 10.1. The van der Waals surface area contributed by atoms with Gasteiger partial charge in [0.25, 0.3) is 0 Å². The molecule has 7 heteroatoms. The number of alkyl halides is 3. The second kappa shape index (κ2) is 4.42. The van der Waals surface area contributed by atoms with Gasteiger partial charge < -0.3 is 9.84 Å². The first-order valence-corrected chi connectivity index (χ1v) is 4.85. The summed E-state index contributed by atoms with van der Waals surface area (Å²) in [7, 11) is 0. The van der Waals surface area contributed by atoms with E-state index in [1.54, 1.807) is 6.07 Å². The maximum absolute atomic E-state index is 11.8. The van der Waals surface area contributed by atoms with Crippen LogP contribution < -0.4 is 10.2 Å². The number of benzene rings is 1. The fraction of sp³-hybridized carbons (Fsp3) is 0.400. The molecule has 1 aromatic rings. The Morgan fingerprint density at radius 3 is 2.94 bits per heavy atom. The van der Waals surface area contributed by atoms with Crippen LogP contribution in [-0.4, -0.2) is 24.5 Å². The first kappa shape index (κ1) is 12.0. The van der Waals surface area contributed by atoms with Crippen LogP contribution in [0.2, 0.25) is 0 Å². The SMILES string of the molecule is Oc1ccc2c(c1)OCC2NOCC(F)(F)F. The van der Waals surface area contributed by atoms with E-state index < -0.39 is 18.8 Å². The van der Waals surface area contributed by atoms with Crippen molar-refractivity contribution in [2.45, 2.75) is 12.2 Å². The van der Waals surface area contributed by atoms with Gasteiger partial charge in [0.1, 0.15) is 18.1 Å². The van der Waals surface area contributed by atoms with E-state index in [0.29, 0.717) is 11.3 Å². The molecule has 0 saturated carbocycles. The van der Waals surface area contributed by atoms with Gasteiger partial charge in [-0.15, -0.1) is 0 Å². The summed E-state index contributed by atoms with van der Waals surface area (Å²) in [6, 6.07) is 3.95. The van der Waals surface area contributed by atoms with Gasteiger partial charge in [0, 0.05) is 11.6 Å². The van der Waals surface area contributed by atoms with Gasteiger partial charge in [-0.25, -0.2) is 0 Å². The van der Waals surface area contributed by atoms with E-state index in [1.807, 2.05) is 0 Å². The number of hydrogen-bond acceptors (Lipinski definition) is 4. The smallest absolute Gasteiger partial charge is 0.413 e. The summed E-state index contributed by atoms with van der Waals surface area (Å²) >= 11 is 0. The molecule has 1 unspecified atom stereocenters. The van der Waals surface area contributed by atoms with Gasteiger partial charge >= 0.3 is 6.18 Å². The number of hydroxylamine groups is 1. The number of fused-ring (bicyclic) bond motifs is 1. The Bertz CT molecular complexity index is 408. The van der Waals surface area contributed by atoms with Crippen LogP contribution in [0.15, 0.2) is 18.2 Å². The third-order valence-corrected chi connectivity index (χ3v) is 2.24. The fourth-order valence-corrected chi connectivity index (χ4v) is 1.52. The van der Waals surface area contributed by atoms with Crippen molar-refractivity contribution < 1.29 is 27.9 Å². The van der Waals surface area contributed by atoms with Crippen LogP contribution >= 0.6 is 0 Å². The van der Waals surface area contributed by atoms with E-state index in [4.69, 9.17) is 4.74 Å². The average Bonchev–Trinajstić information content (AvgIpc) is 2.59. The molecule has 2 N–H and O–H groups in total. The van der Waals surface area contributed by atoms with E-state index in [2.05, 4.69) is 10.3 Å². The zero-order valence-corrected chi connectivity index (χ0v) is 8.62. The maximum atomic E-state index is 11.8. The molecule has 0 aromatic heterocycles. The van der Waals surface area contributed by atoms with Crippen molar-refractivity contribution in [1.82, 2.24) is 5.48 Å². The van der Waals surface area contributed by atoms with Crippen molar-refractivity contribution in [2.24, 2.45) is 0 Å². The Morgan fingerprint density at radius 1 is 1.47 bits per heavy atom. The topological polar surface area (TPSA) is 50.7 Å². The lowest BCUT2D eigenvalue weighted by Gasteiger charge is -2.12. The average molecular weight is 249 g/mol. The largest absolute Gasteiger partial charge is 0.508 e. The van der Waals surface area contributed by atoms with Crippen molar-refractivity contribution in [1.29, 1.82) is 0 Å². The molecule has 0 radical (unpaired) electrons. The zero-order valence-electron chi connectivity index (χ0n) is 8.62. The highest BCUT2D eigenvalue weighted by molar-refractivity contribution is 5.44. The highest BCUT2D eigenvalue weighted by Crippen LogP contribution is 2.34. The summed E-state index contributed by atoms with van der Waals surface area (Å²) in [5.74, 6) is 0.485. The van der Waals surface area contributed by atoms with Crippen LogP contribution in [-0.2, 0) is 4.84 Å². The van der Waals surface area contributed by atoms with E-state index in [1.165, 1.54) is 12.1 Å². The molecule has 1 aliphatic rings. The number of rotatable bonds is 3. The fourth-order valence-electron chi connectivity index (χ4n) is 1.52. The van der Waals surface area contributed by atoms with E-state index >= 15 is 0 Å². The van der Waals surface area contributed by atoms with Crippen LogP contribution in [0.4, 0.5) is 13.2 Å². The molecule has 0 bridgehead atoms. The van der Waals surface area contributed by atoms with Crippen molar-refractivity contribution in [3.63, 3.8) is 0 Å². The molecule has 4 nitrogen and oxygen atoms in total. The predicted octanol–water partition coefficient (Wildman–Crippen LogP) is 1.91. The maximum Gasteiger partial charge on any atom is 0.413 e. The van der Waals surface area contributed by atoms with Crippen molar-refractivity contribution in [2.75, 3.05) is 13.2 Å². The van der Waals surface area contributed by atoms with E-state index in [0.717, 1.165) is 0 Å². The van der Waals surface area contributed by atoms with Crippen LogP contribution in [0.25, 0.3) is 0 Å². The molecule has 94 valence electrons. The third kappa shape index (κ3) is 3.01. The second-order valence-corrected chi connectivity index (χ2v) is 3.61.